The molecule has 1 unspecified atom stereocenters. The van der Waals surface area contributed by atoms with Gasteiger partial charge in [-0.25, -0.2) is 0 Å². The van der Waals surface area contributed by atoms with Crippen molar-refractivity contribution in [1.29, 1.82) is 0 Å². The number of aliphatic hydroxyl groups excluding tert-OH is 1. The first-order chi connectivity index (χ1) is 9.53. The van der Waals surface area contributed by atoms with E-state index in [-0.39, 0.29) is 12.0 Å². The first-order valence-corrected chi connectivity index (χ1v) is 7.82. The molecular formula is C16H20ClNOS. The molecule has 1 aromatic carbocycles. The van der Waals surface area contributed by atoms with Crippen LogP contribution >= 0.6 is 22.9 Å². The zero-order valence-electron chi connectivity index (χ0n) is 11.8. The van der Waals surface area contributed by atoms with Crippen molar-refractivity contribution in [3.63, 3.8) is 0 Å². The highest BCUT2D eigenvalue weighted by atomic mass is 35.5. The molecule has 2 rings (SSSR count). The first kappa shape index (κ1) is 15.5. The molecule has 1 N–H and O–H groups in total. The van der Waals surface area contributed by atoms with Gasteiger partial charge in [-0.15, -0.1) is 11.3 Å². The van der Waals surface area contributed by atoms with Gasteiger partial charge in [-0.05, 0) is 24.7 Å². The molecule has 0 saturated carbocycles. The zero-order valence-corrected chi connectivity index (χ0v) is 13.4. The Balaban J connectivity index is 2.06. The van der Waals surface area contributed by atoms with Gasteiger partial charge in [-0.2, -0.15) is 0 Å². The monoisotopic (exact) mass is 309 g/mol. The van der Waals surface area contributed by atoms with Gasteiger partial charge in [0.15, 0.2) is 0 Å². The van der Waals surface area contributed by atoms with Gasteiger partial charge >= 0.3 is 0 Å². The van der Waals surface area contributed by atoms with Crippen LogP contribution in [-0.4, -0.2) is 30.2 Å². The predicted molar refractivity (Wildman–Crippen MR) is 86.5 cm³/mol. The van der Waals surface area contributed by atoms with Crippen molar-refractivity contribution in [3.05, 3.63) is 57.2 Å². The number of nitrogens with zero attached hydrogens (tertiary/aromatic N) is 1. The van der Waals surface area contributed by atoms with Crippen molar-refractivity contribution in [3.8, 4) is 0 Å². The van der Waals surface area contributed by atoms with Crippen LogP contribution in [0.2, 0.25) is 4.34 Å². The quantitative estimate of drug-likeness (QED) is 0.877. The molecular weight excluding hydrogens is 290 g/mol. The smallest absolute Gasteiger partial charge is 0.0931 e. The summed E-state index contributed by atoms with van der Waals surface area (Å²) in [5.74, 6) is 0. The summed E-state index contributed by atoms with van der Waals surface area (Å²) in [6.45, 7) is 3.87. The van der Waals surface area contributed by atoms with Gasteiger partial charge < -0.3 is 10.0 Å². The van der Waals surface area contributed by atoms with E-state index in [2.05, 4.69) is 37.1 Å². The number of rotatable bonds is 6. The Bertz CT molecular complexity index is 542. The normalized spacial score (nSPS) is 14.4. The van der Waals surface area contributed by atoms with Crippen LogP contribution in [0.3, 0.4) is 0 Å². The van der Waals surface area contributed by atoms with Crippen molar-refractivity contribution in [2.24, 2.45) is 0 Å². The van der Waals surface area contributed by atoms with Crippen LogP contribution in [0, 0.1) is 0 Å². The number of benzene rings is 1. The number of thiophene rings is 1. The summed E-state index contributed by atoms with van der Waals surface area (Å²) in [4.78, 5) is 3.47. The van der Waals surface area contributed by atoms with Crippen LogP contribution in [-0.2, 0) is 12.0 Å². The molecule has 0 fully saturated rings. The lowest BCUT2D eigenvalue weighted by Gasteiger charge is -2.32. The van der Waals surface area contributed by atoms with Crippen LogP contribution < -0.4 is 0 Å². The van der Waals surface area contributed by atoms with Crippen LogP contribution in [0.4, 0.5) is 0 Å². The van der Waals surface area contributed by atoms with E-state index < -0.39 is 0 Å². The molecule has 0 aliphatic rings. The third-order valence-corrected chi connectivity index (χ3v) is 4.71. The number of likely N-dealkylation sites (N-methyl/N-ethyl adjacent to an activating group) is 1. The molecule has 1 atom stereocenters. The van der Waals surface area contributed by atoms with Crippen molar-refractivity contribution < 1.29 is 5.11 Å². The summed E-state index contributed by atoms with van der Waals surface area (Å²) >= 11 is 7.57. The molecule has 0 aliphatic carbocycles. The molecule has 1 heterocycles. The maximum Gasteiger partial charge on any atom is 0.0931 e. The molecule has 0 amide bonds. The third-order valence-electron chi connectivity index (χ3n) is 3.49. The Kier molecular flexibility index (Phi) is 5.22. The van der Waals surface area contributed by atoms with Gasteiger partial charge in [-0.1, -0.05) is 48.9 Å². The SMILES string of the molecule is CN(Cc1ccc(Cl)s1)CC(C)(CO)c1ccccc1. The van der Waals surface area contributed by atoms with E-state index in [1.807, 2.05) is 24.3 Å². The molecule has 2 aromatic rings. The molecule has 0 spiro atoms. The summed E-state index contributed by atoms with van der Waals surface area (Å²) in [7, 11) is 2.07. The minimum atomic E-state index is -0.253. The minimum absolute atomic E-state index is 0.131. The zero-order chi connectivity index (χ0) is 14.6. The number of hydrogen-bond donors (Lipinski definition) is 1. The van der Waals surface area contributed by atoms with Gasteiger partial charge in [0, 0.05) is 23.4 Å². The molecule has 2 nitrogen and oxygen atoms in total. The van der Waals surface area contributed by atoms with E-state index in [1.165, 1.54) is 10.4 Å². The maximum atomic E-state index is 9.81. The maximum absolute atomic E-state index is 9.81. The Hall–Kier alpha value is -0.870. The van der Waals surface area contributed by atoms with Crippen LogP contribution in [0.25, 0.3) is 0 Å². The van der Waals surface area contributed by atoms with Crippen molar-refractivity contribution in [2.75, 3.05) is 20.2 Å². The average molecular weight is 310 g/mol. The number of hydrogen-bond acceptors (Lipinski definition) is 3. The van der Waals surface area contributed by atoms with Crippen molar-refractivity contribution in [1.82, 2.24) is 4.90 Å². The van der Waals surface area contributed by atoms with Crippen LogP contribution in [0.5, 0.6) is 0 Å². The largest absolute Gasteiger partial charge is 0.395 e. The van der Waals surface area contributed by atoms with E-state index in [4.69, 9.17) is 11.6 Å². The fourth-order valence-electron chi connectivity index (χ4n) is 2.43. The lowest BCUT2D eigenvalue weighted by molar-refractivity contribution is 0.156. The molecule has 1 aromatic heterocycles. The summed E-state index contributed by atoms with van der Waals surface area (Å²) in [5, 5.41) is 9.81. The van der Waals surface area contributed by atoms with Gasteiger partial charge in [0.05, 0.1) is 10.9 Å². The molecule has 108 valence electrons. The Morgan fingerprint density at radius 1 is 1.20 bits per heavy atom. The lowest BCUT2D eigenvalue weighted by atomic mass is 9.83. The highest BCUT2D eigenvalue weighted by Crippen LogP contribution is 2.26. The third kappa shape index (κ3) is 3.83. The second kappa shape index (κ2) is 6.72. The van der Waals surface area contributed by atoms with Gasteiger partial charge in [-0.3, -0.25) is 0 Å². The highest BCUT2D eigenvalue weighted by molar-refractivity contribution is 7.16. The molecule has 0 aliphatic heterocycles. The number of aliphatic hydroxyl groups is 1. The van der Waals surface area contributed by atoms with Gasteiger partial charge in [0.25, 0.3) is 0 Å². The highest BCUT2D eigenvalue weighted by Gasteiger charge is 2.27. The van der Waals surface area contributed by atoms with Crippen molar-refractivity contribution >= 4 is 22.9 Å². The second-order valence-electron chi connectivity index (χ2n) is 5.46. The average Bonchev–Trinajstić information content (AvgIpc) is 2.84. The summed E-state index contributed by atoms with van der Waals surface area (Å²) in [5.41, 5.74) is 0.912. The topological polar surface area (TPSA) is 23.5 Å². The van der Waals surface area contributed by atoms with Gasteiger partial charge in [0.2, 0.25) is 0 Å². The molecule has 20 heavy (non-hydrogen) atoms. The fourth-order valence-corrected chi connectivity index (χ4v) is 3.60. The van der Waals surface area contributed by atoms with E-state index in [9.17, 15) is 5.11 Å². The summed E-state index contributed by atoms with van der Waals surface area (Å²) in [6.07, 6.45) is 0. The Morgan fingerprint density at radius 2 is 1.90 bits per heavy atom. The summed E-state index contributed by atoms with van der Waals surface area (Å²) in [6, 6.07) is 14.2. The Labute approximate surface area is 129 Å². The lowest BCUT2D eigenvalue weighted by Crippen LogP contribution is -2.39. The van der Waals surface area contributed by atoms with Gasteiger partial charge in [0.1, 0.15) is 0 Å². The first-order valence-electron chi connectivity index (χ1n) is 6.63. The van der Waals surface area contributed by atoms with Crippen LogP contribution in [0.15, 0.2) is 42.5 Å². The minimum Gasteiger partial charge on any atom is -0.395 e. The van der Waals surface area contributed by atoms with E-state index in [0.29, 0.717) is 0 Å². The summed E-state index contributed by atoms with van der Waals surface area (Å²) < 4.78 is 0.821. The predicted octanol–water partition coefficient (Wildman–Crippen LogP) is 3.78. The van der Waals surface area contributed by atoms with E-state index >= 15 is 0 Å². The number of halogens is 1. The van der Waals surface area contributed by atoms with E-state index in [0.717, 1.165) is 17.4 Å². The molecule has 4 heteroatoms. The van der Waals surface area contributed by atoms with Crippen LogP contribution in [0.1, 0.15) is 17.4 Å². The second-order valence-corrected chi connectivity index (χ2v) is 7.26. The van der Waals surface area contributed by atoms with E-state index in [1.54, 1.807) is 11.3 Å². The molecule has 0 bridgehead atoms. The standard InChI is InChI=1S/C16H20ClNOS/c1-16(12-19,13-6-4-3-5-7-13)11-18(2)10-14-8-9-15(17)20-14/h3-9,19H,10-12H2,1-2H3. The Morgan fingerprint density at radius 3 is 2.45 bits per heavy atom. The fraction of sp³-hybridized carbons (Fsp3) is 0.375. The molecule has 0 radical (unpaired) electrons. The molecule has 0 saturated heterocycles. The van der Waals surface area contributed by atoms with Crippen molar-refractivity contribution in [2.45, 2.75) is 18.9 Å².